The third-order valence-corrected chi connectivity index (χ3v) is 1.84. The zero-order valence-electron chi connectivity index (χ0n) is 5.69. The maximum absolute atomic E-state index is 8.95. The van der Waals surface area contributed by atoms with Crippen molar-refractivity contribution in [3.63, 3.8) is 0 Å². The van der Waals surface area contributed by atoms with Crippen LogP contribution in [-0.2, 0) is 14.2 Å². The lowest BCUT2D eigenvalue weighted by Gasteiger charge is -2.45. The van der Waals surface area contributed by atoms with Gasteiger partial charge < -0.3 is 19.3 Å². The summed E-state index contributed by atoms with van der Waals surface area (Å²) in [6.07, 6.45) is -1.12. The molecule has 2 aliphatic heterocycles. The van der Waals surface area contributed by atoms with E-state index < -0.39 is 6.29 Å². The number of rotatable bonds is 0. The molecule has 0 aromatic carbocycles. The minimum Gasteiger partial charge on any atom is -0.367 e. The summed E-state index contributed by atoms with van der Waals surface area (Å²) in [5.41, 5.74) is 0. The second-order valence-corrected chi connectivity index (χ2v) is 2.60. The molecule has 2 aliphatic rings. The van der Waals surface area contributed by atoms with Crippen molar-refractivity contribution in [1.29, 1.82) is 0 Å². The van der Waals surface area contributed by atoms with Gasteiger partial charge in [0.2, 0.25) is 0 Å². The SMILES string of the molecule is C[C@H]1OC[C@@H]2[C@@H](O1)O[C@H]2O. The molecular weight excluding hydrogens is 136 g/mol. The Labute approximate surface area is 58.7 Å². The maximum atomic E-state index is 8.95. The smallest absolute Gasteiger partial charge is 0.173 e. The molecule has 2 saturated heterocycles. The van der Waals surface area contributed by atoms with Crippen LogP contribution in [0, 0.1) is 5.92 Å². The largest absolute Gasteiger partial charge is 0.367 e. The van der Waals surface area contributed by atoms with E-state index in [0.717, 1.165) is 0 Å². The van der Waals surface area contributed by atoms with E-state index in [1.54, 1.807) is 0 Å². The number of aliphatic hydroxyl groups excluding tert-OH is 1. The summed E-state index contributed by atoms with van der Waals surface area (Å²) in [7, 11) is 0. The lowest BCUT2D eigenvalue weighted by Crippen LogP contribution is -2.57. The lowest BCUT2D eigenvalue weighted by molar-refractivity contribution is -0.429. The molecule has 4 atom stereocenters. The molecule has 2 rings (SSSR count). The predicted octanol–water partition coefficient (Wildman–Crippen LogP) is -0.330. The second-order valence-electron chi connectivity index (χ2n) is 2.60. The van der Waals surface area contributed by atoms with Crippen molar-refractivity contribution in [2.24, 2.45) is 5.92 Å². The van der Waals surface area contributed by atoms with Crippen molar-refractivity contribution in [2.75, 3.05) is 6.61 Å². The molecule has 0 aliphatic carbocycles. The summed E-state index contributed by atoms with van der Waals surface area (Å²) >= 11 is 0. The minimum atomic E-state index is -0.683. The Balaban J connectivity index is 1.93. The van der Waals surface area contributed by atoms with Crippen LogP contribution < -0.4 is 0 Å². The molecule has 58 valence electrons. The van der Waals surface area contributed by atoms with Gasteiger partial charge in [-0.3, -0.25) is 0 Å². The summed E-state index contributed by atoms with van der Waals surface area (Å²) in [6.45, 7) is 2.34. The Morgan fingerprint density at radius 2 is 2.20 bits per heavy atom. The van der Waals surface area contributed by atoms with Crippen molar-refractivity contribution in [2.45, 2.75) is 25.8 Å². The predicted molar refractivity (Wildman–Crippen MR) is 30.9 cm³/mol. The molecule has 0 saturated carbocycles. The first-order chi connectivity index (χ1) is 4.77. The molecule has 0 radical (unpaired) electrons. The van der Waals surface area contributed by atoms with Crippen LogP contribution in [-0.4, -0.2) is 30.6 Å². The van der Waals surface area contributed by atoms with E-state index in [1.165, 1.54) is 0 Å². The molecule has 0 amide bonds. The highest BCUT2D eigenvalue weighted by atomic mass is 16.8. The van der Waals surface area contributed by atoms with Crippen LogP contribution in [0.5, 0.6) is 0 Å². The molecule has 4 heteroatoms. The Hall–Kier alpha value is -0.160. The van der Waals surface area contributed by atoms with Gasteiger partial charge in [0.1, 0.15) is 0 Å². The second kappa shape index (κ2) is 2.17. The number of aliphatic hydroxyl groups is 1. The van der Waals surface area contributed by atoms with E-state index in [0.29, 0.717) is 6.61 Å². The van der Waals surface area contributed by atoms with Gasteiger partial charge in [0.05, 0.1) is 12.5 Å². The third-order valence-electron chi connectivity index (χ3n) is 1.84. The summed E-state index contributed by atoms with van der Waals surface area (Å²) in [4.78, 5) is 0. The van der Waals surface area contributed by atoms with Gasteiger partial charge in [0.25, 0.3) is 0 Å². The van der Waals surface area contributed by atoms with Gasteiger partial charge in [0, 0.05) is 0 Å². The van der Waals surface area contributed by atoms with Gasteiger partial charge in [-0.25, -0.2) is 0 Å². The zero-order chi connectivity index (χ0) is 7.14. The van der Waals surface area contributed by atoms with Crippen LogP contribution in [0.1, 0.15) is 6.92 Å². The highest BCUT2D eigenvalue weighted by Gasteiger charge is 2.46. The summed E-state index contributed by atoms with van der Waals surface area (Å²) in [6, 6.07) is 0. The average molecular weight is 146 g/mol. The Morgan fingerprint density at radius 3 is 2.80 bits per heavy atom. The highest BCUT2D eigenvalue weighted by Crippen LogP contribution is 2.32. The Morgan fingerprint density at radius 1 is 1.40 bits per heavy atom. The molecule has 2 heterocycles. The summed E-state index contributed by atoms with van der Waals surface area (Å²) < 4.78 is 15.1. The Bertz CT molecular complexity index is 136. The third kappa shape index (κ3) is 0.845. The quantitative estimate of drug-likeness (QED) is 0.508. The van der Waals surface area contributed by atoms with Crippen molar-refractivity contribution in [1.82, 2.24) is 0 Å². The van der Waals surface area contributed by atoms with Crippen molar-refractivity contribution in [3.8, 4) is 0 Å². The highest BCUT2D eigenvalue weighted by molar-refractivity contribution is 4.78. The van der Waals surface area contributed by atoms with E-state index >= 15 is 0 Å². The van der Waals surface area contributed by atoms with Gasteiger partial charge in [-0.15, -0.1) is 0 Å². The van der Waals surface area contributed by atoms with Crippen molar-refractivity contribution >= 4 is 0 Å². The average Bonchev–Trinajstić information content (AvgIpc) is 1.86. The fourth-order valence-electron chi connectivity index (χ4n) is 1.15. The van der Waals surface area contributed by atoms with E-state index in [1.807, 2.05) is 6.92 Å². The molecule has 0 bridgehead atoms. The molecule has 0 spiro atoms. The molecule has 0 aromatic heterocycles. The fraction of sp³-hybridized carbons (Fsp3) is 1.00. The molecule has 0 aromatic rings. The lowest BCUT2D eigenvalue weighted by atomic mass is 10.0. The number of hydrogen-bond donors (Lipinski definition) is 1. The van der Waals surface area contributed by atoms with E-state index in [9.17, 15) is 0 Å². The first-order valence-electron chi connectivity index (χ1n) is 3.38. The molecule has 10 heavy (non-hydrogen) atoms. The molecule has 0 unspecified atom stereocenters. The van der Waals surface area contributed by atoms with Crippen molar-refractivity contribution in [3.05, 3.63) is 0 Å². The maximum Gasteiger partial charge on any atom is 0.173 e. The van der Waals surface area contributed by atoms with Crippen LogP contribution in [0.2, 0.25) is 0 Å². The van der Waals surface area contributed by atoms with Gasteiger partial charge in [-0.1, -0.05) is 0 Å². The fourth-order valence-corrected chi connectivity index (χ4v) is 1.15. The normalized spacial score (nSPS) is 53.4. The number of ether oxygens (including phenoxy) is 3. The zero-order valence-corrected chi connectivity index (χ0v) is 5.69. The van der Waals surface area contributed by atoms with Crippen LogP contribution in [0.4, 0.5) is 0 Å². The molecule has 4 nitrogen and oxygen atoms in total. The molecular formula is C6H10O4. The van der Waals surface area contributed by atoms with Gasteiger partial charge in [-0.05, 0) is 6.92 Å². The van der Waals surface area contributed by atoms with Gasteiger partial charge >= 0.3 is 0 Å². The van der Waals surface area contributed by atoms with Crippen molar-refractivity contribution < 1.29 is 19.3 Å². The van der Waals surface area contributed by atoms with E-state index in [4.69, 9.17) is 19.3 Å². The minimum absolute atomic E-state index is 0.0243. The standard InChI is InChI=1S/C6H10O4/c1-3-8-2-4-5(7)10-6(4)9-3/h3-7H,2H2,1H3/t3-,4-,5+,6-/m0/s1. The summed E-state index contributed by atoms with van der Waals surface area (Å²) in [5.74, 6) is 0.0243. The van der Waals surface area contributed by atoms with Crippen LogP contribution in [0.3, 0.4) is 0 Å². The number of hydrogen-bond acceptors (Lipinski definition) is 4. The van der Waals surface area contributed by atoms with Crippen LogP contribution in [0.15, 0.2) is 0 Å². The van der Waals surface area contributed by atoms with Crippen LogP contribution >= 0.6 is 0 Å². The monoisotopic (exact) mass is 146 g/mol. The molecule has 1 N–H and O–H groups in total. The number of fused-ring (bicyclic) bond motifs is 1. The first-order valence-corrected chi connectivity index (χ1v) is 3.38. The van der Waals surface area contributed by atoms with E-state index in [-0.39, 0.29) is 18.5 Å². The van der Waals surface area contributed by atoms with Crippen LogP contribution in [0.25, 0.3) is 0 Å². The van der Waals surface area contributed by atoms with Gasteiger partial charge in [-0.2, -0.15) is 0 Å². The first kappa shape index (κ1) is 6.54. The Kier molecular flexibility index (Phi) is 1.42. The summed E-state index contributed by atoms with van der Waals surface area (Å²) in [5, 5.41) is 8.95. The van der Waals surface area contributed by atoms with E-state index in [2.05, 4.69) is 0 Å². The topological polar surface area (TPSA) is 47.9 Å². The van der Waals surface area contributed by atoms with Gasteiger partial charge in [0.15, 0.2) is 18.9 Å². The molecule has 2 fully saturated rings.